The number of nitrogens with zero attached hydrogens (tertiary/aromatic N) is 1. The van der Waals surface area contributed by atoms with Crippen LogP contribution in [0, 0.1) is 0 Å². The van der Waals surface area contributed by atoms with E-state index >= 15 is 0 Å². The Balaban J connectivity index is 2.02. The quantitative estimate of drug-likeness (QED) is 0.628. The van der Waals surface area contributed by atoms with Crippen LogP contribution in [0.1, 0.15) is 29.4 Å². The molecule has 1 aromatic heterocycles. The summed E-state index contributed by atoms with van der Waals surface area (Å²) in [7, 11) is 0. The molecule has 102 valence electrons. The zero-order valence-corrected chi connectivity index (χ0v) is 11.7. The number of rotatable bonds is 4. The fraction of sp³-hybridized carbons (Fsp3) is 0.429. The van der Waals surface area contributed by atoms with Crippen LogP contribution in [0.3, 0.4) is 0 Å². The van der Waals surface area contributed by atoms with Gasteiger partial charge in [-0.25, -0.2) is 4.79 Å². The molecular weight excluding hydrogens is 262 g/mol. The SMILES string of the molecule is C=C(C)COC(=O)C1CCCN1C(=O)c1cccs1. The van der Waals surface area contributed by atoms with Crippen LogP contribution in [0.2, 0.25) is 0 Å². The van der Waals surface area contributed by atoms with E-state index in [0.29, 0.717) is 17.8 Å². The molecule has 1 amide bonds. The van der Waals surface area contributed by atoms with Crippen LogP contribution >= 0.6 is 11.3 Å². The Hall–Kier alpha value is -1.62. The highest BCUT2D eigenvalue weighted by atomic mass is 32.1. The highest BCUT2D eigenvalue weighted by molar-refractivity contribution is 7.12. The number of amides is 1. The van der Waals surface area contributed by atoms with Crippen molar-refractivity contribution in [1.82, 2.24) is 4.90 Å². The van der Waals surface area contributed by atoms with E-state index in [1.807, 2.05) is 11.4 Å². The molecular formula is C14H17NO3S. The van der Waals surface area contributed by atoms with E-state index < -0.39 is 6.04 Å². The largest absolute Gasteiger partial charge is 0.460 e. The van der Waals surface area contributed by atoms with E-state index in [1.165, 1.54) is 11.3 Å². The number of esters is 1. The molecule has 0 radical (unpaired) electrons. The van der Waals surface area contributed by atoms with E-state index in [0.717, 1.165) is 12.0 Å². The van der Waals surface area contributed by atoms with E-state index in [4.69, 9.17) is 4.74 Å². The van der Waals surface area contributed by atoms with E-state index in [2.05, 4.69) is 6.58 Å². The second kappa shape index (κ2) is 6.02. The number of likely N-dealkylation sites (tertiary alicyclic amines) is 1. The van der Waals surface area contributed by atoms with Crippen molar-refractivity contribution in [2.24, 2.45) is 0 Å². The zero-order chi connectivity index (χ0) is 13.8. The van der Waals surface area contributed by atoms with Gasteiger partial charge in [0.05, 0.1) is 4.88 Å². The molecule has 1 saturated heterocycles. The van der Waals surface area contributed by atoms with Gasteiger partial charge in [-0.3, -0.25) is 4.79 Å². The molecule has 0 N–H and O–H groups in total. The predicted molar refractivity (Wildman–Crippen MR) is 74.2 cm³/mol. The molecule has 1 fully saturated rings. The van der Waals surface area contributed by atoms with Crippen LogP contribution in [0.25, 0.3) is 0 Å². The van der Waals surface area contributed by atoms with Crippen molar-refractivity contribution in [2.75, 3.05) is 13.2 Å². The van der Waals surface area contributed by atoms with Gasteiger partial charge in [-0.2, -0.15) is 0 Å². The average molecular weight is 279 g/mol. The molecule has 1 aromatic rings. The highest BCUT2D eigenvalue weighted by Crippen LogP contribution is 2.23. The lowest BCUT2D eigenvalue weighted by atomic mass is 10.2. The van der Waals surface area contributed by atoms with Crippen LogP contribution in [-0.4, -0.2) is 36.0 Å². The lowest BCUT2D eigenvalue weighted by molar-refractivity contribution is -0.147. The van der Waals surface area contributed by atoms with Crippen molar-refractivity contribution in [2.45, 2.75) is 25.8 Å². The Kier molecular flexibility index (Phi) is 4.37. The minimum atomic E-state index is -0.450. The summed E-state index contributed by atoms with van der Waals surface area (Å²) in [5, 5.41) is 1.86. The van der Waals surface area contributed by atoms with Crippen LogP contribution in [0.5, 0.6) is 0 Å². The van der Waals surface area contributed by atoms with Gasteiger partial charge in [-0.1, -0.05) is 12.6 Å². The first-order chi connectivity index (χ1) is 9.09. The summed E-state index contributed by atoms with van der Waals surface area (Å²) in [6, 6.07) is 3.17. The lowest BCUT2D eigenvalue weighted by Crippen LogP contribution is -2.41. The molecule has 1 atom stereocenters. The number of thiophene rings is 1. The van der Waals surface area contributed by atoms with Crippen molar-refractivity contribution in [1.29, 1.82) is 0 Å². The number of carbonyl (C=O) groups is 2. The maximum Gasteiger partial charge on any atom is 0.329 e. The first-order valence-corrected chi connectivity index (χ1v) is 7.13. The summed E-state index contributed by atoms with van der Waals surface area (Å²) in [5.74, 6) is -0.407. The van der Waals surface area contributed by atoms with E-state index in [1.54, 1.807) is 17.9 Å². The van der Waals surface area contributed by atoms with Crippen LogP contribution < -0.4 is 0 Å². The lowest BCUT2D eigenvalue weighted by Gasteiger charge is -2.22. The Morgan fingerprint density at radius 1 is 1.58 bits per heavy atom. The molecule has 0 aromatic carbocycles. The molecule has 4 nitrogen and oxygen atoms in total. The summed E-state index contributed by atoms with van der Waals surface area (Å²) in [6.45, 7) is 6.33. The normalized spacial score (nSPS) is 18.4. The van der Waals surface area contributed by atoms with Crippen LogP contribution in [0.4, 0.5) is 0 Å². The number of hydrogen-bond donors (Lipinski definition) is 0. The van der Waals surface area contributed by atoms with Gasteiger partial charge in [0.1, 0.15) is 12.6 Å². The van der Waals surface area contributed by atoms with Gasteiger partial charge in [-0.15, -0.1) is 11.3 Å². The summed E-state index contributed by atoms with van der Waals surface area (Å²) < 4.78 is 5.16. The molecule has 5 heteroatoms. The molecule has 19 heavy (non-hydrogen) atoms. The fourth-order valence-electron chi connectivity index (χ4n) is 2.09. The first kappa shape index (κ1) is 13.8. The van der Waals surface area contributed by atoms with Gasteiger partial charge in [0.25, 0.3) is 5.91 Å². The topological polar surface area (TPSA) is 46.6 Å². The standard InChI is InChI=1S/C14H17NO3S/c1-10(2)9-18-14(17)11-5-3-7-15(11)13(16)12-6-4-8-19-12/h4,6,8,11H,1,3,5,7,9H2,2H3. The maximum absolute atomic E-state index is 12.3. The molecule has 0 saturated carbocycles. The second-order valence-electron chi connectivity index (χ2n) is 4.70. The molecule has 2 heterocycles. The van der Waals surface area contributed by atoms with Crippen molar-refractivity contribution < 1.29 is 14.3 Å². The van der Waals surface area contributed by atoms with Gasteiger partial charge in [-0.05, 0) is 36.8 Å². The smallest absolute Gasteiger partial charge is 0.329 e. The number of carbonyl (C=O) groups excluding carboxylic acids is 2. The second-order valence-corrected chi connectivity index (χ2v) is 5.65. The first-order valence-electron chi connectivity index (χ1n) is 6.25. The van der Waals surface area contributed by atoms with E-state index in [9.17, 15) is 9.59 Å². The minimum absolute atomic E-state index is 0.0789. The molecule has 0 bridgehead atoms. The van der Waals surface area contributed by atoms with Crippen molar-refractivity contribution in [3.63, 3.8) is 0 Å². The Morgan fingerprint density at radius 2 is 2.37 bits per heavy atom. The zero-order valence-electron chi connectivity index (χ0n) is 10.9. The predicted octanol–water partition coefficient (Wildman–Crippen LogP) is 2.47. The monoisotopic (exact) mass is 279 g/mol. The highest BCUT2D eigenvalue weighted by Gasteiger charge is 2.35. The summed E-state index contributed by atoms with van der Waals surface area (Å²) in [4.78, 5) is 26.5. The summed E-state index contributed by atoms with van der Waals surface area (Å²) in [6.07, 6.45) is 1.51. The average Bonchev–Trinajstić information content (AvgIpc) is 3.05. The number of ether oxygens (including phenoxy) is 1. The summed E-state index contributed by atoms with van der Waals surface area (Å²) >= 11 is 1.39. The van der Waals surface area contributed by atoms with Gasteiger partial charge >= 0.3 is 5.97 Å². The van der Waals surface area contributed by atoms with E-state index in [-0.39, 0.29) is 18.5 Å². The van der Waals surface area contributed by atoms with Gasteiger partial charge in [0.2, 0.25) is 0 Å². The fourth-order valence-corrected chi connectivity index (χ4v) is 2.77. The molecule has 1 aliphatic heterocycles. The Labute approximate surface area is 116 Å². The van der Waals surface area contributed by atoms with Gasteiger partial charge in [0.15, 0.2) is 0 Å². The van der Waals surface area contributed by atoms with Crippen molar-refractivity contribution >= 4 is 23.2 Å². The van der Waals surface area contributed by atoms with Crippen molar-refractivity contribution in [3.05, 3.63) is 34.5 Å². The van der Waals surface area contributed by atoms with Crippen LogP contribution in [-0.2, 0) is 9.53 Å². The molecule has 2 rings (SSSR count). The third-order valence-electron chi connectivity index (χ3n) is 2.98. The molecule has 1 aliphatic rings. The van der Waals surface area contributed by atoms with Crippen LogP contribution in [0.15, 0.2) is 29.7 Å². The molecule has 0 aliphatic carbocycles. The third-order valence-corrected chi connectivity index (χ3v) is 3.84. The Morgan fingerprint density at radius 3 is 3.00 bits per heavy atom. The minimum Gasteiger partial charge on any atom is -0.460 e. The maximum atomic E-state index is 12.3. The van der Waals surface area contributed by atoms with Crippen molar-refractivity contribution in [3.8, 4) is 0 Å². The molecule has 0 spiro atoms. The molecule has 1 unspecified atom stereocenters. The van der Waals surface area contributed by atoms with Gasteiger partial charge in [0, 0.05) is 6.54 Å². The third kappa shape index (κ3) is 3.23. The van der Waals surface area contributed by atoms with Gasteiger partial charge < -0.3 is 9.64 Å². The number of hydrogen-bond acceptors (Lipinski definition) is 4. The summed E-state index contributed by atoms with van der Waals surface area (Å²) in [5.41, 5.74) is 0.794. The Bertz CT molecular complexity index is 481.